The van der Waals surface area contributed by atoms with Gasteiger partial charge in [-0.05, 0) is 26.7 Å². The lowest BCUT2D eigenvalue weighted by atomic mass is 10.0. The van der Waals surface area contributed by atoms with Gasteiger partial charge in [-0.15, -0.1) is 0 Å². The molecule has 0 N–H and O–H groups in total. The van der Waals surface area contributed by atoms with Crippen LogP contribution in [0.2, 0.25) is 0 Å². The molecule has 0 aromatic rings. The Bertz CT molecular complexity index is 277. The molecular formula is C16H33N3O. The van der Waals surface area contributed by atoms with Gasteiger partial charge < -0.3 is 4.90 Å². The Kier molecular flexibility index (Phi) is 7.52. The van der Waals surface area contributed by atoms with Crippen LogP contribution in [0, 0.1) is 0 Å². The molecule has 2 aliphatic heterocycles. The first-order chi connectivity index (χ1) is 9.58. The second-order valence-electron chi connectivity index (χ2n) is 5.90. The monoisotopic (exact) mass is 283 g/mol. The molecule has 0 aromatic carbocycles. The number of likely N-dealkylation sites (tertiary alicyclic amines) is 1. The molecule has 0 bridgehead atoms. The first-order valence-electron chi connectivity index (χ1n) is 8.31. The van der Waals surface area contributed by atoms with Gasteiger partial charge in [-0.2, -0.15) is 0 Å². The summed E-state index contributed by atoms with van der Waals surface area (Å²) in [4.78, 5) is 18.5. The van der Waals surface area contributed by atoms with Gasteiger partial charge in [-0.1, -0.05) is 13.8 Å². The molecular weight excluding hydrogens is 250 g/mol. The largest absolute Gasteiger partial charge is 0.343 e. The van der Waals surface area contributed by atoms with Crippen LogP contribution >= 0.6 is 0 Å². The predicted molar refractivity (Wildman–Crippen MR) is 84.9 cm³/mol. The van der Waals surface area contributed by atoms with Crippen molar-refractivity contribution in [1.29, 1.82) is 0 Å². The fraction of sp³-hybridized carbons (Fsp3) is 0.938. The molecule has 0 saturated carbocycles. The van der Waals surface area contributed by atoms with Gasteiger partial charge in [0.25, 0.3) is 0 Å². The highest BCUT2D eigenvalue weighted by Crippen LogP contribution is 2.18. The van der Waals surface area contributed by atoms with Crippen molar-refractivity contribution in [3.05, 3.63) is 0 Å². The Morgan fingerprint density at radius 2 is 1.45 bits per heavy atom. The Labute approximate surface area is 125 Å². The van der Waals surface area contributed by atoms with Gasteiger partial charge in [0.2, 0.25) is 5.91 Å². The molecule has 0 atom stereocenters. The van der Waals surface area contributed by atoms with Gasteiger partial charge in [0.15, 0.2) is 0 Å². The third-order valence-corrected chi connectivity index (χ3v) is 4.51. The molecule has 0 radical (unpaired) electrons. The molecule has 2 heterocycles. The van der Waals surface area contributed by atoms with Crippen LogP contribution in [0.15, 0.2) is 0 Å². The molecule has 2 aliphatic rings. The van der Waals surface area contributed by atoms with Gasteiger partial charge >= 0.3 is 0 Å². The van der Waals surface area contributed by atoms with E-state index in [1.807, 2.05) is 18.7 Å². The summed E-state index contributed by atoms with van der Waals surface area (Å²) in [5.41, 5.74) is 0. The lowest BCUT2D eigenvalue weighted by Gasteiger charge is -2.43. The summed E-state index contributed by atoms with van der Waals surface area (Å²) < 4.78 is 0. The molecule has 118 valence electrons. The molecule has 0 aromatic heterocycles. The highest BCUT2D eigenvalue weighted by molar-refractivity contribution is 5.73. The number of piperidine rings is 1. The first-order valence-corrected chi connectivity index (χ1v) is 8.31. The number of carbonyl (C=O) groups is 1. The van der Waals surface area contributed by atoms with Crippen LogP contribution in [0.1, 0.15) is 47.5 Å². The summed E-state index contributed by atoms with van der Waals surface area (Å²) in [7, 11) is 0. The Morgan fingerprint density at radius 1 is 0.950 bits per heavy atom. The van der Waals surface area contributed by atoms with Crippen molar-refractivity contribution in [2.45, 2.75) is 59.5 Å². The predicted octanol–water partition coefficient (Wildman–Crippen LogP) is 2.05. The van der Waals surface area contributed by atoms with Crippen LogP contribution < -0.4 is 0 Å². The van der Waals surface area contributed by atoms with E-state index in [2.05, 4.69) is 23.6 Å². The highest BCUT2D eigenvalue weighted by Gasteiger charge is 2.28. The topological polar surface area (TPSA) is 26.8 Å². The van der Waals surface area contributed by atoms with Crippen molar-refractivity contribution in [2.24, 2.45) is 0 Å². The van der Waals surface area contributed by atoms with Crippen LogP contribution in [-0.2, 0) is 4.79 Å². The Balaban J connectivity index is 0.000000956. The van der Waals surface area contributed by atoms with Crippen molar-refractivity contribution in [3.63, 3.8) is 0 Å². The molecule has 0 spiro atoms. The van der Waals surface area contributed by atoms with Gasteiger partial charge in [-0.25, -0.2) is 0 Å². The van der Waals surface area contributed by atoms with Crippen LogP contribution in [0.4, 0.5) is 0 Å². The van der Waals surface area contributed by atoms with Crippen molar-refractivity contribution in [1.82, 2.24) is 14.7 Å². The maximum atomic E-state index is 11.3. The number of hydrogen-bond donors (Lipinski definition) is 0. The van der Waals surface area contributed by atoms with Crippen LogP contribution in [0.25, 0.3) is 0 Å². The molecule has 0 unspecified atom stereocenters. The van der Waals surface area contributed by atoms with E-state index in [0.29, 0.717) is 12.1 Å². The molecule has 4 nitrogen and oxygen atoms in total. The minimum Gasteiger partial charge on any atom is -0.343 e. The van der Waals surface area contributed by atoms with Crippen molar-refractivity contribution in [2.75, 3.05) is 39.3 Å². The molecule has 2 rings (SSSR count). The van der Waals surface area contributed by atoms with E-state index in [1.54, 1.807) is 6.92 Å². The Hall–Kier alpha value is -0.610. The minimum atomic E-state index is 0.234. The van der Waals surface area contributed by atoms with E-state index in [1.165, 1.54) is 26.2 Å². The number of piperazine rings is 1. The maximum absolute atomic E-state index is 11.3. The third-order valence-electron chi connectivity index (χ3n) is 4.51. The van der Waals surface area contributed by atoms with Gasteiger partial charge in [0, 0.05) is 58.3 Å². The second kappa shape index (κ2) is 8.63. The number of carbonyl (C=O) groups excluding carboxylic acids is 1. The number of rotatable bonds is 2. The van der Waals surface area contributed by atoms with Gasteiger partial charge in [-0.3, -0.25) is 14.6 Å². The van der Waals surface area contributed by atoms with E-state index < -0.39 is 0 Å². The van der Waals surface area contributed by atoms with E-state index in [0.717, 1.165) is 25.9 Å². The highest BCUT2D eigenvalue weighted by atomic mass is 16.2. The minimum absolute atomic E-state index is 0.234. The molecule has 1 amide bonds. The smallest absolute Gasteiger partial charge is 0.219 e. The number of nitrogens with zero attached hydrogens (tertiary/aromatic N) is 3. The van der Waals surface area contributed by atoms with Crippen LogP contribution in [0.3, 0.4) is 0 Å². The van der Waals surface area contributed by atoms with Crippen molar-refractivity contribution in [3.8, 4) is 0 Å². The van der Waals surface area contributed by atoms with E-state index >= 15 is 0 Å². The number of hydrogen-bond acceptors (Lipinski definition) is 3. The van der Waals surface area contributed by atoms with Crippen molar-refractivity contribution < 1.29 is 4.79 Å². The summed E-state index contributed by atoms with van der Waals surface area (Å²) >= 11 is 0. The first kappa shape index (κ1) is 17.4. The molecule has 2 fully saturated rings. The van der Waals surface area contributed by atoms with Crippen molar-refractivity contribution >= 4 is 5.91 Å². The van der Waals surface area contributed by atoms with Crippen LogP contribution in [-0.4, -0.2) is 72.0 Å². The molecule has 20 heavy (non-hydrogen) atoms. The number of amides is 1. The SMILES string of the molecule is CC.CC(=O)N1CCC(N2CCN(C(C)C)CC2)CC1. The summed E-state index contributed by atoms with van der Waals surface area (Å²) in [6.45, 7) is 16.9. The zero-order valence-electron chi connectivity index (χ0n) is 14.1. The summed E-state index contributed by atoms with van der Waals surface area (Å²) in [6.07, 6.45) is 2.31. The maximum Gasteiger partial charge on any atom is 0.219 e. The summed E-state index contributed by atoms with van der Waals surface area (Å²) in [6, 6.07) is 1.38. The summed E-state index contributed by atoms with van der Waals surface area (Å²) in [5, 5.41) is 0. The van der Waals surface area contributed by atoms with Gasteiger partial charge in [0.1, 0.15) is 0 Å². The lowest BCUT2D eigenvalue weighted by molar-refractivity contribution is -0.130. The third kappa shape index (κ3) is 4.74. The quantitative estimate of drug-likeness (QED) is 0.776. The molecule has 2 saturated heterocycles. The zero-order valence-corrected chi connectivity index (χ0v) is 14.1. The fourth-order valence-corrected chi connectivity index (χ4v) is 3.16. The van der Waals surface area contributed by atoms with Gasteiger partial charge in [0.05, 0.1) is 0 Å². The fourth-order valence-electron chi connectivity index (χ4n) is 3.16. The molecule has 0 aliphatic carbocycles. The normalized spacial score (nSPS) is 22.6. The zero-order chi connectivity index (χ0) is 15.1. The lowest BCUT2D eigenvalue weighted by Crippen LogP contribution is -2.54. The average molecular weight is 283 g/mol. The standard InChI is InChI=1S/C14H27N3O.C2H6/c1-12(2)15-8-10-17(11-9-15)14-4-6-16(7-5-14)13(3)18;1-2/h12,14H,4-11H2,1-3H3;1-2H3. The molecule has 4 heteroatoms. The van der Waals surface area contributed by atoms with E-state index in [-0.39, 0.29) is 5.91 Å². The summed E-state index contributed by atoms with van der Waals surface area (Å²) in [5.74, 6) is 0.234. The van der Waals surface area contributed by atoms with E-state index in [4.69, 9.17) is 0 Å². The average Bonchev–Trinajstić information content (AvgIpc) is 2.49. The van der Waals surface area contributed by atoms with E-state index in [9.17, 15) is 4.79 Å². The van der Waals surface area contributed by atoms with Crippen LogP contribution in [0.5, 0.6) is 0 Å². The Morgan fingerprint density at radius 3 is 1.85 bits per heavy atom. The second-order valence-corrected chi connectivity index (χ2v) is 5.90.